The highest BCUT2D eigenvalue weighted by Crippen LogP contribution is 2.22. The van der Waals surface area contributed by atoms with Gasteiger partial charge in [-0.25, -0.2) is 9.78 Å². The van der Waals surface area contributed by atoms with Crippen LogP contribution in [0.3, 0.4) is 0 Å². The van der Waals surface area contributed by atoms with E-state index in [1.54, 1.807) is 30.3 Å². The van der Waals surface area contributed by atoms with Crippen LogP contribution in [0.4, 0.5) is 16.3 Å². The van der Waals surface area contributed by atoms with E-state index < -0.39 is 6.09 Å². The van der Waals surface area contributed by atoms with Crippen LogP contribution >= 0.6 is 0 Å². The predicted molar refractivity (Wildman–Crippen MR) is 188 cm³/mol. The first-order valence-corrected chi connectivity index (χ1v) is 16.0. The summed E-state index contributed by atoms with van der Waals surface area (Å²) in [4.78, 5) is 52.3. The molecule has 7 N–H and O–H groups in total. The van der Waals surface area contributed by atoms with E-state index in [1.807, 2.05) is 56.3 Å². The van der Waals surface area contributed by atoms with Gasteiger partial charge >= 0.3 is 6.09 Å². The molecule has 1 saturated carbocycles. The van der Waals surface area contributed by atoms with Crippen molar-refractivity contribution >= 4 is 35.2 Å². The molecule has 3 amide bonds. The van der Waals surface area contributed by atoms with E-state index in [0.29, 0.717) is 29.4 Å². The minimum Gasteiger partial charge on any atom is -0.444 e. The predicted octanol–water partition coefficient (Wildman–Crippen LogP) is 4.10. The topological polar surface area (TPSA) is 193 Å². The van der Waals surface area contributed by atoms with Crippen molar-refractivity contribution in [1.82, 2.24) is 25.5 Å². The molecule has 13 nitrogen and oxygen atoms in total. The van der Waals surface area contributed by atoms with E-state index in [4.69, 9.17) is 15.9 Å². The van der Waals surface area contributed by atoms with Crippen LogP contribution in [-0.2, 0) is 29.2 Å². The van der Waals surface area contributed by atoms with Gasteiger partial charge < -0.3 is 31.0 Å². The Morgan fingerprint density at radius 2 is 1.71 bits per heavy atom. The number of nitrogen functional groups attached to an aromatic ring is 1. The van der Waals surface area contributed by atoms with Crippen molar-refractivity contribution in [3.8, 4) is 0 Å². The number of nitrogens with two attached hydrogens (primary N) is 1. The van der Waals surface area contributed by atoms with E-state index in [1.165, 1.54) is 17.0 Å². The number of nitrogens with zero attached hydrogens (tertiary/aromatic N) is 2. The number of aromatic nitrogens is 2. The SMILES string of the molecule is CCCNC(=O)c1cc(C)cc(N)c1.N=C(NC(=O)OCc1ccccc1)c1ccc(CNC(=O)Cn2ccnc(NC3CC3)c2=O)cc1. The van der Waals surface area contributed by atoms with Gasteiger partial charge in [-0.1, -0.05) is 61.5 Å². The molecule has 13 heteroatoms. The summed E-state index contributed by atoms with van der Waals surface area (Å²) in [5.74, 6) is -0.192. The number of ether oxygens (including phenoxy) is 1. The molecule has 1 fully saturated rings. The smallest absolute Gasteiger partial charge is 0.413 e. The number of amidine groups is 1. The number of alkyl carbamates (subject to hydrolysis) is 1. The first-order chi connectivity index (χ1) is 23.6. The summed E-state index contributed by atoms with van der Waals surface area (Å²) in [6, 6.07) is 21.8. The fraction of sp³-hybridized carbons (Fsp3) is 0.278. The summed E-state index contributed by atoms with van der Waals surface area (Å²) in [6.07, 6.45) is 5.24. The molecule has 0 spiro atoms. The average Bonchev–Trinajstić information content (AvgIpc) is 3.92. The molecule has 1 aromatic heterocycles. The highest BCUT2D eigenvalue weighted by molar-refractivity contribution is 6.04. The van der Waals surface area contributed by atoms with E-state index in [0.717, 1.165) is 36.0 Å². The summed E-state index contributed by atoms with van der Waals surface area (Å²) in [6.45, 7) is 4.90. The maximum atomic E-state index is 12.4. The third-order valence-electron chi connectivity index (χ3n) is 7.22. The second kappa shape index (κ2) is 17.8. The number of carbonyl (C=O) groups is 3. The summed E-state index contributed by atoms with van der Waals surface area (Å²) in [7, 11) is 0. The Balaban J connectivity index is 0.000000324. The normalized spacial score (nSPS) is 11.7. The lowest BCUT2D eigenvalue weighted by atomic mass is 10.1. The van der Waals surface area contributed by atoms with Crippen molar-refractivity contribution in [2.24, 2.45) is 0 Å². The van der Waals surface area contributed by atoms with Crippen LogP contribution in [0.15, 0.2) is 90.0 Å². The molecule has 1 aliphatic rings. The summed E-state index contributed by atoms with van der Waals surface area (Å²) in [5.41, 5.74) is 9.74. The summed E-state index contributed by atoms with van der Waals surface area (Å²) < 4.78 is 6.44. The van der Waals surface area contributed by atoms with Crippen molar-refractivity contribution in [2.45, 2.75) is 58.8 Å². The summed E-state index contributed by atoms with van der Waals surface area (Å²) >= 11 is 0. The van der Waals surface area contributed by atoms with E-state index in [2.05, 4.69) is 26.3 Å². The lowest BCUT2D eigenvalue weighted by molar-refractivity contribution is -0.121. The zero-order valence-electron chi connectivity index (χ0n) is 27.6. The highest BCUT2D eigenvalue weighted by Gasteiger charge is 2.23. The standard InChI is InChI=1S/C25H26N6O4.C11H16N2O/c26-22(30-25(34)35-16-18-4-2-1-3-5-18)19-8-6-17(7-9-19)14-28-21(32)15-31-13-12-27-23(24(31)33)29-20-10-11-20;1-3-4-13-11(14)9-5-8(2)6-10(12)7-9/h1-9,12-13,20H,10-11,14-16H2,(H,27,29)(H,28,32)(H2,26,30,34);5-7H,3-4,12H2,1-2H3,(H,13,14). The number of nitrogens with one attached hydrogen (secondary N) is 5. The van der Waals surface area contributed by atoms with Gasteiger partial charge in [-0.05, 0) is 61.1 Å². The van der Waals surface area contributed by atoms with Crippen molar-refractivity contribution in [3.05, 3.63) is 123 Å². The van der Waals surface area contributed by atoms with Crippen LogP contribution in [0, 0.1) is 12.3 Å². The van der Waals surface area contributed by atoms with Crippen LogP contribution < -0.4 is 32.6 Å². The molecule has 1 heterocycles. The van der Waals surface area contributed by atoms with E-state index in [9.17, 15) is 19.2 Å². The molecule has 0 aliphatic heterocycles. The minimum atomic E-state index is -0.711. The average molecular weight is 667 g/mol. The van der Waals surface area contributed by atoms with Crippen LogP contribution in [0.25, 0.3) is 0 Å². The molecule has 3 aromatic carbocycles. The number of carbonyl (C=O) groups excluding carboxylic acids is 3. The zero-order valence-corrected chi connectivity index (χ0v) is 27.6. The van der Waals surface area contributed by atoms with Gasteiger partial charge in [-0.15, -0.1) is 0 Å². The van der Waals surface area contributed by atoms with E-state index >= 15 is 0 Å². The quantitative estimate of drug-likeness (QED) is 0.0739. The number of hydrogen-bond acceptors (Lipinski definition) is 9. The summed E-state index contributed by atoms with van der Waals surface area (Å²) in [5, 5.41) is 19.1. The number of aryl methyl sites for hydroxylation is 1. The zero-order chi connectivity index (χ0) is 35.2. The number of rotatable bonds is 12. The Hall–Kier alpha value is -5.98. The molecule has 0 atom stereocenters. The third kappa shape index (κ3) is 12.0. The molecule has 0 bridgehead atoms. The van der Waals surface area contributed by atoms with Crippen LogP contribution in [0.1, 0.15) is 58.8 Å². The molecule has 5 rings (SSSR count). The van der Waals surface area contributed by atoms with Gasteiger partial charge in [0.05, 0.1) is 0 Å². The lowest BCUT2D eigenvalue weighted by Crippen LogP contribution is -2.33. The molecule has 4 aromatic rings. The van der Waals surface area contributed by atoms with Crippen LogP contribution in [0.5, 0.6) is 0 Å². The van der Waals surface area contributed by atoms with Gasteiger partial charge in [0.2, 0.25) is 5.91 Å². The monoisotopic (exact) mass is 666 g/mol. The molecule has 0 radical (unpaired) electrons. The molecule has 49 heavy (non-hydrogen) atoms. The second-order valence-corrected chi connectivity index (χ2v) is 11.6. The maximum absolute atomic E-state index is 12.4. The van der Waals surface area contributed by atoms with Crippen molar-refractivity contribution in [2.75, 3.05) is 17.6 Å². The van der Waals surface area contributed by atoms with Crippen molar-refractivity contribution in [1.29, 1.82) is 5.41 Å². The van der Waals surface area contributed by atoms with Gasteiger partial charge in [-0.3, -0.25) is 25.1 Å². The maximum Gasteiger partial charge on any atom is 0.413 e. The van der Waals surface area contributed by atoms with E-state index in [-0.39, 0.29) is 48.7 Å². The fourth-order valence-corrected chi connectivity index (χ4v) is 4.51. The van der Waals surface area contributed by atoms with Gasteiger partial charge in [0.15, 0.2) is 5.82 Å². The Kier molecular flexibility index (Phi) is 13.0. The first-order valence-electron chi connectivity index (χ1n) is 16.0. The van der Waals surface area contributed by atoms with Gasteiger partial charge in [0, 0.05) is 48.3 Å². The third-order valence-corrected chi connectivity index (χ3v) is 7.22. The van der Waals surface area contributed by atoms with Crippen LogP contribution in [0.2, 0.25) is 0 Å². The Bertz CT molecular complexity index is 1780. The molecule has 0 saturated heterocycles. The molecule has 0 unspecified atom stereocenters. The Morgan fingerprint density at radius 1 is 0.980 bits per heavy atom. The van der Waals surface area contributed by atoms with Gasteiger partial charge in [0.25, 0.3) is 11.5 Å². The van der Waals surface area contributed by atoms with Crippen LogP contribution in [-0.4, -0.2) is 45.9 Å². The van der Waals surface area contributed by atoms with Gasteiger partial charge in [0.1, 0.15) is 19.0 Å². The first kappa shape index (κ1) is 35.9. The number of benzene rings is 3. The molecule has 256 valence electrons. The molecular formula is C36H42N8O5. The number of anilines is 2. The Labute approximate surface area is 284 Å². The largest absolute Gasteiger partial charge is 0.444 e. The number of amides is 3. The second-order valence-electron chi connectivity index (χ2n) is 11.6. The van der Waals surface area contributed by atoms with Crippen molar-refractivity contribution in [3.63, 3.8) is 0 Å². The highest BCUT2D eigenvalue weighted by atomic mass is 16.5. The lowest BCUT2D eigenvalue weighted by Gasteiger charge is -2.10. The molecule has 1 aliphatic carbocycles. The fourth-order valence-electron chi connectivity index (χ4n) is 4.51. The minimum absolute atomic E-state index is 0.0535. The Morgan fingerprint density at radius 3 is 2.39 bits per heavy atom. The van der Waals surface area contributed by atoms with Crippen molar-refractivity contribution < 1.29 is 19.1 Å². The molecular weight excluding hydrogens is 624 g/mol. The number of hydrogen-bond donors (Lipinski definition) is 6. The van der Waals surface area contributed by atoms with Gasteiger partial charge in [-0.2, -0.15) is 0 Å².